The third-order valence-corrected chi connectivity index (χ3v) is 2.07. The molecule has 0 spiro atoms. The number of benzene rings is 1. The topological polar surface area (TPSA) is 29.5 Å². The maximum atomic E-state index is 9.43. The van der Waals surface area contributed by atoms with Crippen molar-refractivity contribution >= 4 is 15.9 Å². The Morgan fingerprint density at radius 2 is 2.00 bits per heavy atom. The van der Waals surface area contributed by atoms with Gasteiger partial charge in [-0.3, -0.25) is 0 Å². The fraction of sp³-hybridized carbons (Fsp3) is 0.400. The van der Waals surface area contributed by atoms with E-state index in [0.29, 0.717) is 0 Å². The zero-order valence-electron chi connectivity index (χ0n) is 7.75. The molecule has 1 rings (SSSR count). The Bertz CT molecular complexity index is 278. The van der Waals surface area contributed by atoms with E-state index >= 15 is 0 Å². The highest BCUT2D eigenvalue weighted by Gasteiger charge is 2.13. The van der Waals surface area contributed by atoms with Crippen LogP contribution < -0.4 is 4.74 Å². The molecule has 0 aromatic heterocycles. The lowest BCUT2D eigenvalue weighted by molar-refractivity contribution is 0.0282. The molecule has 0 atom stereocenters. The zero-order valence-corrected chi connectivity index (χ0v) is 9.34. The summed E-state index contributed by atoms with van der Waals surface area (Å²) in [5.41, 5.74) is -0.796. The molecule has 1 aromatic rings. The standard InChI is InChI=1S/C10H13BrO2/c1-10(2,12)7-13-9-6-4-3-5-8(9)11/h3-6,12H,7H2,1-2H3. The number of para-hydroxylation sites is 1. The van der Waals surface area contributed by atoms with Gasteiger partial charge in [-0.15, -0.1) is 0 Å². The molecule has 3 heteroatoms. The number of aliphatic hydroxyl groups is 1. The molecule has 0 bridgehead atoms. The minimum absolute atomic E-state index is 0.287. The molecule has 0 radical (unpaired) electrons. The maximum Gasteiger partial charge on any atom is 0.133 e. The second-order valence-electron chi connectivity index (χ2n) is 3.53. The van der Waals surface area contributed by atoms with Crippen LogP contribution in [0.5, 0.6) is 5.75 Å². The van der Waals surface area contributed by atoms with E-state index in [-0.39, 0.29) is 6.61 Å². The van der Waals surface area contributed by atoms with Gasteiger partial charge in [0.15, 0.2) is 0 Å². The van der Waals surface area contributed by atoms with Crippen molar-refractivity contribution in [3.05, 3.63) is 28.7 Å². The molecule has 2 nitrogen and oxygen atoms in total. The lowest BCUT2D eigenvalue weighted by atomic mass is 10.2. The third kappa shape index (κ3) is 3.79. The average molecular weight is 245 g/mol. The Hall–Kier alpha value is -0.540. The third-order valence-electron chi connectivity index (χ3n) is 1.42. The molecule has 72 valence electrons. The van der Waals surface area contributed by atoms with E-state index in [1.165, 1.54) is 0 Å². The average Bonchev–Trinajstić information content (AvgIpc) is 2.01. The number of hydrogen-bond acceptors (Lipinski definition) is 2. The van der Waals surface area contributed by atoms with E-state index in [2.05, 4.69) is 15.9 Å². The van der Waals surface area contributed by atoms with Crippen LogP contribution >= 0.6 is 15.9 Å². The summed E-state index contributed by atoms with van der Waals surface area (Å²) in [6, 6.07) is 7.57. The first-order chi connectivity index (χ1) is 5.99. The van der Waals surface area contributed by atoms with Gasteiger partial charge in [-0.05, 0) is 41.9 Å². The molecular formula is C10H13BrO2. The highest BCUT2D eigenvalue weighted by molar-refractivity contribution is 9.10. The molecule has 0 amide bonds. The van der Waals surface area contributed by atoms with Crippen molar-refractivity contribution in [2.24, 2.45) is 0 Å². The summed E-state index contributed by atoms with van der Waals surface area (Å²) in [5, 5.41) is 9.43. The van der Waals surface area contributed by atoms with Crippen molar-refractivity contribution in [2.75, 3.05) is 6.61 Å². The first kappa shape index (κ1) is 10.5. The van der Waals surface area contributed by atoms with Crippen LogP contribution in [0.4, 0.5) is 0 Å². The minimum Gasteiger partial charge on any atom is -0.489 e. The van der Waals surface area contributed by atoms with Crippen molar-refractivity contribution in [1.82, 2.24) is 0 Å². The lowest BCUT2D eigenvalue weighted by Gasteiger charge is -2.18. The SMILES string of the molecule is CC(C)(O)COc1ccccc1Br. The normalized spacial score (nSPS) is 11.4. The van der Waals surface area contributed by atoms with Gasteiger partial charge in [-0.1, -0.05) is 12.1 Å². The summed E-state index contributed by atoms with van der Waals surface area (Å²) < 4.78 is 6.31. The Labute approximate surface area is 86.7 Å². The van der Waals surface area contributed by atoms with Gasteiger partial charge in [0.05, 0.1) is 10.1 Å². The Kier molecular flexibility index (Phi) is 3.33. The van der Waals surface area contributed by atoms with Crippen LogP contribution in [0.2, 0.25) is 0 Å². The second kappa shape index (κ2) is 4.11. The van der Waals surface area contributed by atoms with Gasteiger partial charge in [0.1, 0.15) is 12.4 Å². The van der Waals surface area contributed by atoms with Crippen LogP contribution in [-0.2, 0) is 0 Å². The van der Waals surface area contributed by atoms with Crippen molar-refractivity contribution in [3.63, 3.8) is 0 Å². The molecule has 0 aliphatic heterocycles. The van der Waals surface area contributed by atoms with Gasteiger partial charge < -0.3 is 9.84 Å². The largest absolute Gasteiger partial charge is 0.489 e. The van der Waals surface area contributed by atoms with Crippen molar-refractivity contribution in [2.45, 2.75) is 19.4 Å². The first-order valence-electron chi connectivity index (χ1n) is 4.09. The van der Waals surface area contributed by atoms with E-state index in [0.717, 1.165) is 10.2 Å². The van der Waals surface area contributed by atoms with Gasteiger partial charge in [-0.25, -0.2) is 0 Å². The number of halogens is 1. The van der Waals surface area contributed by atoms with Crippen LogP contribution in [0.25, 0.3) is 0 Å². The molecule has 1 N–H and O–H groups in total. The molecule has 13 heavy (non-hydrogen) atoms. The monoisotopic (exact) mass is 244 g/mol. The quantitative estimate of drug-likeness (QED) is 0.886. The van der Waals surface area contributed by atoms with E-state index in [9.17, 15) is 5.11 Å². The van der Waals surface area contributed by atoms with Crippen LogP contribution in [0.1, 0.15) is 13.8 Å². The predicted octanol–water partition coefficient (Wildman–Crippen LogP) is 2.60. The Morgan fingerprint density at radius 1 is 1.38 bits per heavy atom. The summed E-state index contributed by atoms with van der Waals surface area (Å²) in [6.07, 6.45) is 0. The van der Waals surface area contributed by atoms with Crippen molar-refractivity contribution in [1.29, 1.82) is 0 Å². The summed E-state index contributed by atoms with van der Waals surface area (Å²) in [5.74, 6) is 0.754. The zero-order chi connectivity index (χ0) is 9.90. The molecule has 0 saturated carbocycles. The molecule has 0 unspecified atom stereocenters. The summed E-state index contributed by atoms with van der Waals surface area (Å²) >= 11 is 3.36. The van der Waals surface area contributed by atoms with Crippen molar-refractivity contribution in [3.8, 4) is 5.75 Å². The van der Waals surface area contributed by atoms with Gasteiger partial charge in [-0.2, -0.15) is 0 Å². The van der Waals surface area contributed by atoms with Crippen LogP contribution in [0, 0.1) is 0 Å². The fourth-order valence-corrected chi connectivity index (χ4v) is 1.22. The molecular weight excluding hydrogens is 232 g/mol. The predicted molar refractivity (Wildman–Crippen MR) is 55.9 cm³/mol. The number of hydrogen-bond donors (Lipinski definition) is 1. The van der Waals surface area contributed by atoms with E-state index in [1.54, 1.807) is 13.8 Å². The molecule has 0 saturated heterocycles. The summed E-state index contributed by atoms with van der Waals surface area (Å²) in [7, 11) is 0. The number of rotatable bonds is 3. The smallest absolute Gasteiger partial charge is 0.133 e. The van der Waals surface area contributed by atoms with Gasteiger partial charge in [0.2, 0.25) is 0 Å². The summed E-state index contributed by atoms with van der Waals surface area (Å²) in [6.45, 7) is 3.71. The lowest BCUT2D eigenvalue weighted by Crippen LogP contribution is -2.27. The van der Waals surface area contributed by atoms with Crippen molar-refractivity contribution < 1.29 is 9.84 Å². The maximum absolute atomic E-state index is 9.43. The van der Waals surface area contributed by atoms with Crippen LogP contribution in [0.3, 0.4) is 0 Å². The van der Waals surface area contributed by atoms with Crippen LogP contribution in [-0.4, -0.2) is 17.3 Å². The van der Waals surface area contributed by atoms with Gasteiger partial charge in [0, 0.05) is 0 Å². The second-order valence-corrected chi connectivity index (χ2v) is 4.39. The highest BCUT2D eigenvalue weighted by atomic mass is 79.9. The molecule has 1 aromatic carbocycles. The van der Waals surface area contributed by atoms with E-state index in [4.69, 9.17) is 4.74 Å². The fourth-order valence-electron chi connectivity index (χ4n) is 0.816. The van der Waals surface area contributed by atoms with E-state index < -0.39 is 5.60 Å². The first-order valence-corrected chi connectivity index (χ1v) is 4.88. The number of ether oxygens (including phenoxy) is 1. The van der Waals surface area contributed by atoms with Gasteiger partial charge in [0.25, 0.3) is 0 Å². The Morgan fingerprint density at radius 3 is 2.54 bits per heavy atom. The van der Waals surface area contributed by atoms with Crippen LogP contribution in [0.15, 0.2) is 28.7 Å². The summed E-state index contributed by atoms with van der Waals surface area (Å²) in [4.78, 5) is 0. The van der Waals surface area contributed by atoms with E-state index in [1.807, 2.05) is 24.3 Å². The van der Waals surface area contributed by atoms with Gasteiger partial charge >= 0.3 is 0 Å². The highest BCUT2D eigenvalue weighted by Crippen LogP contribution is 2.24. The molecule has 0 aliphatic rings. The Balaban J connectivity index is 2.60. The minimum atomic E-state index is -0.796. The molecule has 0 heterocycles. The molecule has 0 fully saturated rings. The molecule has 0 aliphatic carbocycles.